The molecule has 2 rings (SSSR count). The fraction of sp³-hybridized carbons (Fsp3) is 0.538. The molecule has 104 valence electrons. The number of aromatic nitrogens is 1. The highest BCUT2D eigenvalue weighted by Crippen LogP contribution is 2.23. The molecule has 0 bridgehead atoms. The van der Waals surface area contributed by atoms with E-state index < -0.39 is 5.97 Å². The van der Waals surface area contributed by atoms with E-state index in [1.165, 1.54) is 6.07 Å². The fourth-order valence-corrected chi connectivity index (χ4v) is 2.68. The van der Waals surface area contributed by atoms with Gasteiger partial charge < -0.3 is 15.3 Å². The van der Waals surface area contributed by atoms with Crippen LogP contribution in [0.1, 0.15) is 30.1 Å². The molecule has 6 heteroatoms. The van der Waals surface area contributed by atoms with Gasteiger partial charge in [-0.1, -0.05) is 11.6 Å². The first-order valence-corrected chi connectivity index (χ1v) is 6.88. The van der Waals surface area contributed by atoms with Crippen LogP contribution in [0, 0.1) is 0 Å². The first-order chi connectivity index (χ1) is 9.11. The maximum Gasteiger partial charge on any atom is 0.335 e. The summed E-state index contributed by atoms with van der Waals surface area (Å²) < 4.78 is 0. The molecule has 0 spiro atoms. The SMILES string of the molecule is CCN(c1cc(C(=O)O)cc(Cl)n1)C1CCNCC1. The third kappa shape index (κ3) is 3.36. The van der Waals surface area contributed by atoms with Gasteiger partial charge in [0.2, 0.25) is 0 Å². The van der Waals surface area contributed by atoms with Crippen LogP contribution < -0.4 is 10.2 Å². The topological polar surface area (TPSA) is 65.5 Å². The summed E-state index contributed by atoms with van der Waals surface area (Å²) in [6.45, 7) is 4.79. The van der Waals surface area contributed by atoms with E-state index >= 15 is 0 Å². The van der Waals surface area contributed by atoms with E-state index in [2.05, 4.69) is 15.2 Å². The van der Waals surface area contributed by atoms with Gasteiger partial charge in [0.1, 0.15) is 11.0 Å². The van der Waals surface area contributed by atoms with Crippen molar-refractivity contribution in [1.29, 1.82) is 0 Å². The minimum Gasteiger partial charge on any atom is -0.478 e. The third-order valence-electron chi connectivity index (χ3n) is 3.41. The molecule has 1 saturated heterocycles. The lowest BCUT2D eigenvalue weighted by Gasteiger charge is -2.35. The minimum atomic E-state index is -0.980. The van der Waals surface area contributed by atoms with Crippen molar-refractivity contribution < 1.29 is 9.90 Å². The molecule has 0 aromatic carbocycles. The number of piperidine rings is 1. The Hall–Kier alpha value is -1.33. The number of nitrogens with zero attached hydrogens (tertiary/aromatic N) is 2. The summed E-state index contributed by atoms with van der Waals surface area (Å²) >= 11 is 5.92. The molecule has 2 N–H and O–H groups in total. The van der Waals surface area contributed by atoms with E-state index in [-0.39, 0.29) is 10.7 Å². The average molecular weight is 284 g/mol. The summed E-state index contributed by atoms with van der Waals surface area (Å²) in [5, 5.41) is 12.6. The van der Waals surface area contributed by atoms with Crippen LogP contribution >= 0.6 is 11.6 Å². The number of hydrogen-bond donors (Lipinski definition) is 2. The zero-order valence-electron chi connectivity index (χ0n) is 10.9. The van der Waals surface area contributed by atoms with Gasteiger partial charge in [-0.3, -0.25) is 0 Å². The number of carboxylic acids is 1. The summed E-state index contributed by atoms with van der Waals surface area (Å²) in [5.41, 5.74) is 0.183. The van der Waals surface area contributed by atoms with E-state index in [0.717, 1.165) is 32.5 Å². The standard InChI is InChI=1S/C13H18ClN3O2/c1-2-17(10-3-5-15-6-4-10)12-8-9(13(18)19)7-11(14)16-12/h7-8,10,15H,2-6H2,1H3,(H,18,19). The van der Waals surface area contributed by atoms with Crippen molar-refractivity contribution >= 4 is 23.4 Å². The molecule has 1 fully saturated rings. The predicted octanol–water partition coefficient (Wildman–Crippen LogP) is 2.01. The van der Waals surface area contributed by atoms with E-state index in [4.69, 9.17) is 16.7 Å². The molecule has 1 aromatic heterocycles. The third-order valence-corrected chi connectivity index (χ3v) is 3.61. The van der Waals surface area contributed by atoms with E-state index in [9.17, 15) is 4.79 Å². The lowest BCUT2D eigenvalue weighted by Crippen LogP contribution is -2.43. The Balaban J connectivity index is 2.28. The number of pyridine rings is 1. The van der Waals surface area contributed by atoms with Crippen LogP contribution in [0.15, 0.2) is 12.1 Å². The zero-order valence-corrected chi connectivity index (χ0v) is 11.7. The first kappa shape index (κ1) is 14.1. The molecule has 2 heterocycles. The molecule has 1 aliphatic heterocycles. The Labute approximate surface area is 117 Å². The molecule has 19 heavy (non-hydrogen) atoms. The van der Waals surface area contributed by atoms with Gasteiger partial charge >= 0.3 is 5.97 Å². The van der Waals surface area contributed by atoms with Crippen molar-refractivity contribution in [3.05, 3.63) is 22.8 Å². The molecular formula is C13H18ClN3O2. The number of rotatable bonds is 4. The van der Waals surface area contributed by atoms with E-state index in [1.807, 2.05) is 6.92 Å². The Bertz CT molecular complexity index is 461. The van der Waals surface area contributed by atoms with Gasteiger partial charge in [0.25, 0.3) is 0 Å². The van der Waals surface area contributed by atoms with Crippen LogP contribution in [-0.4, -0.2) is 41.7 Å². The summed E-state index contributed by atoms with van der Waals surface area (Å²) in [7, 11) is 0. The van der Waals surface area contributed by atoms with Crippen molar-refractivity contribution in [3.63, 3.8) is 0 Å². The molecule has 0 amide bonds. The Morgan fingerprint density at radius 1 is 1.53 bits per heavy atom. The van der Waals surface area contributed by atoms with Crippen LogP contribution in [0.4, 0.5) is 5.82 Å². The number of carboxylic acid groups (broad SMARTS) is 1. The van der Waals surface area contributed by atoms with Gasteiger partial charge in [-0.25, -0.2) is 9.78 Å². The Morgan fingerprint density at radius 3 is 2.79 bits per heavy atom. The van der Waals surface area contributed by atoms with Gasteiger partial charge in [-0.2, -0.15) is 0 Å². The van der Waals surface area contributed by atoms with Crippen molar-refractivity contribution in [2.75, 3.05) is 24.5 Å². The van der Waals surface area contributed by atoms with E-state index in [1.54, 1.807) is 6.07 Å². The number of nitrogens with one attached hydrogen (secondary N) is 1. The maximum atomic E-state index is 11.1. The molecule has 1 aliphatic rings. The highest BCUT2D eigenvalue weighted by molar-refractivity contribution is 6.29. The summed E-state index contributed by atoms with van der Waals surface area (Å²) in [6.07, 6.45) is 2.06. The largest absolute Gasteiger partial charge is 0.478 e. The first-order valence-electron chi connectivity index (χ1n) is 6.50. The van der Waals surface area contributed by atoms with Gasteiger partial charge in [-0.05, 0) is 45.0 Å². The normalized spacial score (nSPS) is 16.3. The number of aromatic carboxylic acids is 1. The van der Waals surface area contributed by atoms with Crippen LogP contribution in [0.5, 0.6) is 0 Å². The van der Waals surface area contributed by atoms with Gasteiger partial charge in [0, 0.05) is 12.6 Å². The Morgan fingerprint density at radius 2 is 2.21 bits per heavy atom. The van der Waals surface area contributed by atoms with Gasteiger partial charge in [0.05, 0.1) is 5.56 Å². The smallest absolute Gasteiger partial charge is 0.335 e. The second-order valence-electron chi connectivity index (χ2n) is 4.61. The van der Waals surface area contributed by atoms with Gasteiger partial charge in [0.15, 0.2) is 0 Å². The molecule has 0 atom stereocenters. The number of halogens is 1. The van der Waals surface area contributed by atoms with Crippen LogP contribution in [0.3, 0.4) is 0 Å². The molecule has 0 saturated carbocycles. The minimum absolute atomic E-state index is 0.183. The maximum absolute atomic E-state index is 11.1. The number of hydrogen-bond acceptors (Lipinski definition) is 4. The van der Waals surface area contributed by atoms with Crippen LogP contribution in [-0.2, 0) is 0 Å². The fourth-order valence-electron chi connectivity index (χ4n) is 2.48. The second kappa shape index (κ2) is 6.21. The van der Waals surface area contributed by atoms with Gasteiger partial charge in [-0.15, -0.1) is 0 Å². The average Bonchev–Trinajstić information content (AvgIpc) is 2.40. The van der Waals surface area contributed by atoms with Crippen LogP contribution in [0.2, 0.25) is 5.15 Å². The molecule has 1 aromatic rings. The molecule has 0 aliphatic carbocycles. The summed E-state index contributed by atoms with van der Waals surface area (Å²) in [6, 6.07) is 3.36. The molecule has 0 unspecified atom stereocenters. The van der Waals surface area contributed by atoms with Crippen LogP contribution in [0.25, 0.3) is 0 Å². The zero-order chi connectivity index (χ0) is 13.8. The molecule has 5 nitrogen and oxygen atoms in total. The summed E-state index contributed by atoms with van der Waals surface area (Å²) in [5.74, 6) is -0.328. The van der Waals surface area contributed by atoms with Crippen molar-refractivity contribution in [2.24, 2.45) is 0 Å². The lowest BCUT2D eigenvalue weighted by atomic mass is 10.0. The van der Waals surface area contributed by atoms with Crippen molar-refractivity contribution in [1.82, 2.24) is 10.3 Å². The van der Waals surface area contributed by atoms with Crippen molar-refractivity contribution in [2.45, 2.75) is 25.8 Å². The molecule has 0 radical (unpaired) electrons. The monoisotopic (exact) mass is 283 g/mol. The summed E-state index contributed by atoms with van der Waals surface area (Å²) in [4.78, 5) is 17.5. The number of anilines is 1. The van der Waals surface area contributed by atoms with Crippen molar-refractivity contribution in [3.8, 4) is 0 Å². The highest BCUT2D eigenvalue weighted by atomic mass is 35.5. The highest BCUT2D eigenvalue weighted by Gasteiger charge is 2.22. The number of carbonyl (C=O) groups is 1. The lowest BCUT2D eigenvalue weighted by molar-refractivity contribution is 0.0696. The van der Waals surface area contributed by atoms with E-state index in [0.29, 0.717) is 11.9 Å². The second-order valence-corrected chi connectivity index (χ2v) is 5.00. The molecular weight excluding hydrogens is 266 g/mol. The quantitative estimate of drug-likeness (QED) is 0.828. The predicted molar refractivity (Wildman–Crippen MR) is 75.1 cm³/mol. The Kier molecular flexibility index (Phi) is 4.61.